The van der Waals surface area contributed by atoms with Crippen LogP contribution >= 0.6 is 0 Å². The summed E-state index contributed by atoms with van der Waals surface area (Å²) in [6.07, 6.45) is 7.12. The van der Waals surface area contributed by atoms with Crippen molar-refractivity contribution in [1.29, 1.82) is 0 Å². The number of hydrogen-bond donors (Lipinski definition) is 1. The Bertz CT molecular complexity index is 924. The molecule has 3 heterocycles. The van der Waals surface area contributed by atoms with E-state index in [-0.39, 0.29) is 0 Å². The molecule has 1 aliphatic rings. The molecule has 0 unspecified atom stereocenters. The van der Waals surface area contributed by atoms with Crippen LogP contribution in [0.5, 0.6) is 0 Å². The van der Waals surface area contributed by atoms with Crippen LogP contribution < -0.4 is 5.32 Å². The maximum Gasteiger partial charge on any atom is 0.154 e. The zero-order valence-corrected chi connectivity index (χ0v) is 17.1. The summed E-state index contributed by atoms with van der Waals surface area (Å²) in [6.45, 7) is 9.48. The fraction of sp³-hybridized carbons (Fsp3) is 0.478. The number of rotatable bonds is 8. The van der Waals surface area contributed by atoms with Crippen LogP contribution in [0, 0.1) is 6.92 Å². The minimum absolute atomic E-state index is 0.817. The van der Waals surface area contributed by atoms with Crippen LogP contribution in [0.2, 0.25) is 0 Å². The number of hydrogen-bond acceptors (Lipinski definition) is 4. The third-order valence-electron chi connectivity index (χ3n) is 5.49. The molecule has 3 aromatic rings. The van der Waals surface area contributed by atoms with Gasteiger partial charge in [-0.15, -0.1) is 0 Å². The van der Waals surface area contributed by atoms with Gasteiger partial charge in [0.1, 0.15) is 11.3 Å². The molecule has 5 heteroatoms. The summed E-state index contributed by atoms with van der Waals surface area (Å²) in [5.74, 6) is 1.77. The Morgan fingerprint density at radius 3 is 2.61 bits per heavy atom. The number of nitrogens with zero attached hydrogens (tertiary/aromatic N) is 4. The van der Waals surface area contributed by atoms with Crippen LogP contribution in [-0.4, -0.2) is 39.1 Å². The molecule has 1 aliphatic heterocycles. The highest BCUT2D eigenvalue weighted by Crippen LogP contribution is 2.23. The average Bonchev–Trinajstić information content (AvgIpc) is 3.32. The number of anilines is 1. The van der Waals surface area contributed by atoms with Gasteiger partial charge in [0.2, 0.25) is 0 Å². The third-order valence-corrected chi connectivity index (χ3v) is 5.49. The lowest BCUT2D eigenvalue weighted by Gasteiger charge is -2.16. The largest absolute Gasteiger partial charge is 0.368 e. The van der Waals surface area contributed by atoms with Gasteiger partial charge >= 0.3 is 0 Å². The summed E-state index contributed by atoms with van der Waals surface area (Å²) in [6, 6.07) is 11.1. The Morgan fingerprint density at radius 1 is 1.04 bits per heavy atom. The summed E-state index contributed by atoms with van der Waals surface area (Å²) >= 11 is 0. The van der Waals surface area contributed by atoms with Gasteiger partial charge in [0, 0.05) is 25.8 Å². The quantitative estimate of drug-likeness (QED) is 0.583. The molecule has 5 nitrogen and oxygen atoms in total. The highest BCUT2D eigenvalue weighted by Gasteiger charge is 2.13. The van der Waals surface area contributed by atoms with Crippen molar-refractivity contribution in [3.63, 3.8) is 0 Å². The number of unbranched alkanes of at least 4 members (excludes halogenated alkanes) is 1. The lowest BCUT2D eigenvalue weighted by Crippen LogP contribution is -2.18. The lowest BCUT2D eigenvalue weighted by atomic mass is 10.1. The molecule has 0 atom stereocenters. The van der Waals surface area contributed by atoms with Gasteiger partial charge in [-0.25, -0.2) is 9.97 Å². The zero-order valence-electron chi connectivity index (χ0n) is 17.1. The van der Waals surface area contributed by atoms with E-state index in [1.807, 2.05) is 6.92 Å². The second-order valence-corrected chi connectivity index (χ2v) is 7.88. The van der Waals surface area contributed by atoms with Crippen LogP contribution in [0.4, 0.5) is 5.82 Å². The molecule has 0 amide bonds. The van der Waals surface area contributed by atoms with E-state index in [0.717, 1.165) is 48.7 Å². The summed E-state index contributed by atoms with van der Waals surface area (Å²) in [7, 11) is 0. The van der Waals surface area contributed by atoms with Gasteiger partial charge in [0.25, 0.3) is 0 Å². The number of benzene rings is 1. The Hall–Kier alpha value is -2.40. The van der Waals surface area contributed by atoms with Crippen molar-refractivity contribution in [2.24, 2.45) is 0 Å². The maximum atomic E-state index is 4.68. The van der Waals surface area contributed by atoms with Crippen LogP contribution in [0.1, 0.15) is 49.6 Å². The summed E-state index contributed by atoms with van der Waals surface area (Å²) < 4.78 is 2.28. The Labute approximate surface area is 167 Å². The molecule has 1 aromatic carbocycles. The van der Waals surface area contributed by atoms with Crippen LogP contribution in [-0.2, 0) is 13.1 Å². The minimum Gasteiger partial charge on any atom is -0.368 e. The van der Waals surface area contributed by atoms with Gasteiger partial charge in [-0.2, -0.15) is 0 Å². The monoisotopic (exact) mass is 377 g/mol. The van der Waals surface area contributed by atoms with Gasteiger partial charge in [0.15, 0.2) is 5.82 Å². The molecular formula is C23H31N5. The second kappa shape index (κ2) is 8.74. The van der Waals surface area contributed by atoms with E-state index in [2.05, 4.69) is 68.2 Å². The van der Waals surface area contributed by atoms with E-state index in [1.165, 1.54) is 43.5 Å². The third kappa shape index (κ3) is 4.36. The van der Waals surface area contributed by atoms with Crippen molar-refractivity contribution in [2.45, 2.75) is 52.6 Å². The highest BCUT2D eigenvalue weighted by atomic mass is 15.1. The first kappa shape index (κ1) is 18.9. The molecule has 4 rings (SSSR count). The Balaban J connectivity index is 1.57. The summed E-state index contributed by atoms with van der Waals surface area (Å²) in [5.41, 5.74) is 4.85. The fourth-order valence-electron chi connectivity index (χ4n) is 4.08. The smallest absolute Gasteiger partial charge is 0.154 e. The van der Waals surface area contributed by atoms with Crippen molar-refractivity contribution >= 4 is 16.9 Å². The van der Waals surface area contributed by atoms with Crippen molar-refractivity contribution < 1.29 is 0 Å². The lowest BCUT2D eigenvalue weighted by molar-refractivity contribution is 0.331. The molecule has 0 saturated carbocycles. The van der Waals surface area contributed by atoms with E-state index >= 15 is 0 Å². The second-order valence-electron chi connectivity index (χ2n) is 7.88. The highest BCUT2D eigenvalue weighted by molar-refractivity contribution is 5.86. The first-order valence-electron chi connectivity index (χ1n) is 10.6. The molecular weight excluding hydrogens is 346 g/mol. The van der Waals surface area contributed by atoms with E-state index in [0.29, 0.717) is 0 Å². The van der Waals surface area contributed by atoms with E-state index in [1.54, 1.807) is 0 Å². The number of aryl methyl sites for hydroxylation is 1. The molecule has 0 radical (unpaired) electrons. The standard InChI is InChI=1S/C23H31N5/c1-3-4-11-24-23-22-21(25-18(2)26-23)10-14-28(22)17-20-9-7-8-19(15-20)16-27-12-5-6-13-27/h7-10,14-15H,3-6,11-13,16-17H2,1-2H3,(H,24,25,26). The molecule has 1 N–H and O–H groups in total. The minimum atomic E-state index is 0.817. The van der Waals surface area contributed by atoms with E-state index < -0.39 is 0 Å². The first-order chi connectivity index (χ1) is 13.7. The maximum absolute atomic E-state index is 4.68. The number of likely N-dealkylation sites (tertiary alicyclic amines) is 1. The average molecular weight is 378 g/mol. The van der Waals surface area contributed by atoms with Crippen LogP contribution in [0.3, 0.4) is 0 Å². The molecule has 2 aromatic heterocycles. The SMILES string of the molecule is CCCCNc1nc(C)nc2ccn(Cc3cccc(CN4CCCC4)c3)c12. The number of fused-ring (bicyclic) bond motifs is 1. The Kier molecular flexibility index (Phi) is 5.91. The van der Waals surface area contributed by atoms with Crippen molar-refractivity contribution in [2.75, 3.05) is 25.0 Å². The molecule has 1 saturated heterocycles. The normalized spacial score (nSPS) is 14.8. The molecule has 0 bridgehead atoms. The summed E-state index contributed by atoms with van der Waals surface area (Å²) in [5, 5.41) is 3.52. The predicted octanol–water partition coefficient (Wildman–Crippen LogP) is 4.60. The topological polar surface area (TPSA) is 46.0 Å². The van der Waals surface area contributed by atoms with Gasteiger partial charge in [-0.05, 0) is 56.5 Å². The molecule has 0 aliphatic carbocycles. The van der Waals surface area contributed by atoms with Crippen molar-refractivity contribution in [3.05, 3.63) is 53.5 Å². The van der Waals surface area contributed by atoms with Crippen LogP contribution in [0.15, 0.2) is 36.5 Å². The van der Waals surface area contributed by atoms with Gasteiger partial charge in [0.05, 0.1) is 5.52 Å². The molecule has 28 heavy (non-hydrogen) atoms. The molecule has 0 spiro atoms. The Morgan fingerprint density at radius 2 is 1.82 bits per heavy atom. The fourth-order valence-corrected chi connectivity index (χ4v) is 4.08. The number of nitrogens with one attached hydrogen (secondary N) is 1. The molecule has 1 fully saturated rings. The van der Waals surface area contributed by atoms with Gasteiger partial charge < -0.3 is 9.88 Å². The molecule has 148 valence electrons. The zero-order chi connectivity index (χ0) is 19.3. The van der Waals surface area contributed by atoms with Crippen molar-refractivity contribution in [1.82, 2.24) is 19.4 Å². The van der Waals surface area contributed by atoms with Gasteiger partial charge in [-0.3, -0.25) is 4.90 Å². The van der Waals surface area contributed by atoms with Crippen LogP contribution in [0.25, 0.3) is 11.0 Å². The van der Waals surface area contributed by atoms with E-state index in [9.17, 15) is 0 Å². The predicted molar refractivity (Wildman–Crippen MR) is 116 cm³/mol. The first-order valence-corrected chi connectivity index (χ1v) is 10.6. The number of aromatic nitrogens is 3. The van der Waals surface area contributed by atoms with Crippen molar-refractivity contribution in [3.8, 4) is 0 Å². The van der Waals surface area contributed by atoms with E-state index in [4.69, 9.17) is 0 Å². The summed E-state index contributed by atoms with van der Waals surface area (Å²) in [4.78, 5) is 11.9. The van der Waals surface area contributed by atoms with Gasteiger partial charge in [-0.1, -0.05) is 37.6 Å².